The first-order chi connectivity index (χ1) is 18.0. The molecule has 1 heterocycles. The number of tetrazole rings is 1. The number of benzene rings is 2. The van der Waals surface area contributed by atoms with Crippen molar-refractivity contribution >= 4 is 11.8 Å². The standard InChI is InChI=1S/C27H34N6O4/c1-19-8-10-20(11-9-19)25(27(36)28-22-6-3-4-7-22)32(16-5-17-34)24(35)18-33-30-26(29-31-33)21-12-14-23(37-2)15-13-21/h8-15,22,25,34H,3-7,16-18H2,1-2H3,(H,28,36)/t25-/m0/s1. The van der Waals surface area contributed by atoms with Crippen molar-refractivity contribution in [2.45, 2.75) is 57.7 Å². The lowest BCUT2D eigenvalue weighted by molar-refractivity contribution is -0.142. The SMILES string of the molecule is COc1ccc(-c2nnn(CC(=O)N(CCCO)[C@H](C(=O)NC3CCCC3)c3ccc(C)cc3)n2)cc1. The van der Waals surface area contributed by atoms with Gasteiger partial charge in [0.1, 0.15) is 18.3 Å². The van der Waals surface area contributed by atoms with E-state index < -0.39 is 6.04 Å². The summed E-state index contributed by atoms with van der Waals surface area (Å²) < 4.78 is 5.19. The molecule has 2 amide bonds. The van der Waals surface area contributed by atoms with Gasteiger partial charge in [-0.05, 0) is 61.2 Å². The van der Waals surface area contributed by atoms with Gasteiger partial charge in [-0.2, -0.15) is 4.80 Å². The zero-order valence-corrected chi connectivity index (χ0v) is 21.3. The Bertz CT molecular complexity index is 1170. The molecule has 1 saturated carbocycles. The molecule has 196 valence electrons. The molecule has 0 spiro atoms. The van der Waals surface area contributed by atoms with Crippen LogP contribution >= 0.6 is 0 Å². The third kappa shape index (κ3) is 6.71. The van der Waals surface area contributed by atoms with Crippen LogP contribution in [0, 0.1) is 6.92 Å². The number of amides is 2. The molecule has 10 heteroatoms. The Hall–Kier alpha value is -3.79. The third-order valence-electron chi connectivity index (χ3n) is 6.61. The summed E-state index contributed by atoms with van der Waals surface area (Å²) >= 11 is 0. The zero-order chi connectivity index (χ0) is 26.2. The first-order valence-electron chi connectivity index (χ1n) is 12.7. The van der Waals surface area contributed by atoms with Gasteiger partial charge >= 0.3 is 0 Å². The van der Waals surface area contributed by atoms with Crippen molar-refractivity contribution in [3.05, 3.63) is 59.7 Å². The van der Waals surface area contributed by atoms with E-state index in [1.807, 2.05) is 43.3 Å². The highest BCUT2D eigenvalue weighted by atomic mass is 16.5. The molecule has 4 rings (SSSR count). The van der Waals surface area contributed by atoms with E-state index in [-0.39, 0.29) is 37.6 Å². The minimum atomic E-state index is -0.829. The van der Waals surface area contributed by atoms with Gasteiger partial charge in [0.05, 0.1) is 7.11 Å². The second-order valence-electron chi connectivity index (χ2n) is 9.34. The summed E-state index contributed by atoms with van der Waals surface area (Å²) in [4.78, 5) is 29.9. The number of aliphatic hydroxyl groups is 1. The van der Waals surface area contributed by atoms with E-state index in [1.165, 1.54) is 9.70 Å². The van der Waals surface area contributed by atoms with Crippen molar-refractivity contribution in [3.8, 4) is 17.1 Å². The third-order valence-corrected chi connectivity index (χ3v) is 6.61. The maximum Gasteiger partial charge on any atom is 0.247 e. The largest absolute Gasteiger partial charge is 0.497 e. The average molecular weight is 507 g/mol. The number of aryl methyl sites for hydroxylation is 1. The molecule has 0 radical (unpaired) electrons. The monoisotopic (exact) mass is 506 g/mol. The van der Waals surface area contributed by atoms with E-state index in [4.69, 9.17) is 4.74 Å². The zero-order valence-electron chi connectivity index (χ0n) is 21.3. The van der Waals surface area contributed by atoms with E-state index in [0.29, 0.717) is 18.0 Å². The van der Waals surface area contributed by atoms with Crippen molar-refractivity contribution in [2.24, 2.45) is 0 Å². The molecular formula is C27H34N6O4. The number of nitrogens with zero attached hydrogens (tertiary/aromatic N) is 5. The smallest absolute Gasteiger partial charge is 0.247 e. The number of aliphatic hydroxyl groups excluding tert-OH is 1. The fourth-order valence-corrected chi connectivity index (χ4v) is 4.59. The summed E-state index contributed by atoms with van der Waals surface area (Å²) in [6.45, 7) is 1.90. The van der Waals surface area contributed by atoms with Crippen LogP contribution in [0.1, 0.15) is 49.3 Å². The fraction of sp³-hybridized carbons (Fsp3) is 0.444. The Balaban J connectivity index is 1.57. The van der Waals surface area contributed by atoms with Gasteiger partial charge in [0.25, 0.3) is 0 Å². The Morgan fingerprint density at radius 1 is 1.14 bits per heavy atom. The highest BCUT2D eigenvalue weighted by Crippen LogP contribution is 2.25. The minimum absolute atomic E-state index is 0.0994. The van der Waals surface area contributed by atoms with Crippen molar-refractivity contribution < 1.29 is 19.4 Å². The van der Waals surface area contributed by atoms with Crippen LogP contribution in [-0.2, 0) is 16.1 Å². The van der Waals surface area contributed by atoms with Crippen LogP contribution in [0.3, 0.4) is 0 Å². The van der Waals surface area contributed by atoms with E-state index in [1.54, 1.807) is 19.2 Å². The van der Waals surface area contributed by atoms with E-state index >= 15 is 0 Å². The van der Waals surface area contributed by atoms with Crippen molar-refractivity contribution in [1.29, 1.82) is 0 Å². The molecule has 2 N–H and O–H groups in total. The van der Waals surface area contributed by atoms with Crippen molar-refractivity contribution in [2.75, 3.05) is 20.3 Å². The molecule has 0 unspecified atom stereocenters. The second kappa shape index (κ2) is 12.4. The van der Waals surface area contributed by atoms with Crippen molar-refractivity contribution in [1.82, 2.24) is 30.4 Å². The summed E-state index contributed by atoms with van der Waals surface area (Å²) in [5, 5.41) is 25.2. The van der Waals surface area contributed by atoms with Crippen LogP contribution in [-0.4, -0.2) is 68.3 Å². The number of aromatic nitrogens is 4. The lowest BCUT2D eigenvalue weighted by atomic mass is 10.0. The lowest BCUT2D eigenvalue weighted by Gasteiger charge is -2.32. The number of nitrogens with one attached hydrogen (secondary N) is 1. The maximum atomic E-state index is 13.6. The van der Waals surface area contributed by atoms with Crippen molar-refractivity contribution in [3.63, 3.8) is 0 Å². The van der Waals surface area contributed by atoms with Gasteiger partial charge < -0.3 is 20.1 Å². The van der Waals surface area contributed by atoms with Gasteiger partial charge in [-0.15, -0.1) is 10.2 Å². The first kappa shape index (κ1) is 26.3. The van der Waals surface area contributed by atoms with Gasteiger partial charge in [-0.3, -0.25) is 9.59 Å². The Morgan fingerprint density at radius 3 is 2.49 bits per heavy atom. The van der Waals surface area contributed by atoms with Gasteiger partial charge in [0, 0.05) is 24.8 Å². The maximum absolute atomic E-state index is 13.6. The van der Waals surface area contributed by atoms with E-state index in [2.05, 4.69) is 20.7 Å². The molecule has 1 aliphatic rings. The van der Waals surface area contributed by atoms with Gasteiger partial charge in [-0.25, -0.2) is 0 Å². The molecule has 10 nitrogen and oxygen atoms in total. The number of carbonyl (C=O) groups excluding carboxylic acids is 2. The van der Waals surface area contributed by atoms with Gasteiger partial charge in [-0.1, -0.05) is 42.7 Å². The van der Waals surface area contributed by atoms with Crippen LogP contribution in [0.15, 0.2) is 48.5 Å². The molecule has 1 aromatic heterocycles. The summed E-state index contributed by atoms with van der Waals surface area (Å²) in [6.07, 6.45) is 4.39. The number of carbonyl (C=O) groups is 2. The molecule has 1 atom stereocenters. The van der Waals surface area contributed by atoms with Crippen LogP contribution in [0.25, 0.3) is 11.4 Å². The lowest BCUT2D eigenvalue weighted by Crippen LogP contribution is -2.47. The molecule has 1 fully saturated rings. The molecule has 1 aliphatic carbocycles. The summed E-state index contributed by atoms with van der Waals surface area (Å²) in [5.74, 6) is 0.544. The number of hydrogen-bond acceptors (Lipinski definition) is 7. The predicted octanol–water partition coefficient (Wildman–Crippen LogP) is 2.67. The van der Waals surface area contributed by atoms with E-state index in [9.17, 15) is 14.7 Å². The quantitative estimate of drug-likeness (QED) is 0.410. The number of rotatable bonds is 11. The molecular weight excluding hydrogens is 472 g/mol. The normalized spacial score (nSPS) is 14.4. The predicted molar refractivity (Wildman–Crippen MR) is 138 cm³/mol. The molecule has 0 aliphatic heterocycles. The highest BCUT2D eigenvalue weighted by molar-refractivity contribution is 5.89. The summed E-state index contributed by atoms with van der Waals surface area (Å²) in [7, 11) is 1.59. The Labute approximate surface area is 216 Å². The topological polar surface area (TPSA) is 122 Å². The molecule has 37 heavy (non-hydrogen) atoms. The summed E-state index contributed by atoms with van der Waals surface area (Å²) in [5.41, 5.74) is 2.52. The van der Waals surface area contributed by atoms with Crippen LogP contribution in [0.4, 0.5) is 0 Å². The van der Waals surface area contributed by atoms with Gasteiger partial charge in [0.2, 0.25) is 17.6 Å². The number of ether oxygens (including phenoxy) is 1. The molecule has 3 aromatic rings. The number of methoxy groups -OCH3 is 1. The molecule has 0 bridgehead atoms. The summed E-state index contributed by atoms with van der Waals surface area (Å²) in [6, 6.07) is 14.1. The average Bonchev–Trinajstić information content (AvgIpc) is 3.59. The van der Waals surface area contributed by atoms with Crippen LogP contribution < -0.4 is 10.1 Å². The van der Waals surface area contributed by atoms with Gasteiger partial charge in [0.15, 0.2) is 0 Å². The fourth-order valence-electron chi connectivity index (χ4n) is 4.59. The minimum Gasteiger partial charge on any atom is -0.497 e. The molecule has 0 saturated heterocycles. The Kier molecular flexibility index (Phi) is 8.84. The second-order valence-corrected chi connectivity index (χ2v) is 9.34. The van der Waals surface area contributed by atoms with Crippen LogP contribution in [0.5, 0.6) is 5.75 Å². The van der Waals surface area contributed by atoms with E-state index in [0.717, 1.165) is 42.4 Å². The van der Waals surface area contributed by atoms with Crippen LogP contribution in [0.2, 0.25) is 0 Å². The first-order valence-corrected chi connectivity index (χ1v) is 12.7. The number of hydrogen-bond donors (Lipinski definition) is 2. The Morgan fingerprint density at radius 2 is 1.84 bits per heavy atom. The highest BCUT2D eigenvalue weighted by Gasteiger charge is 2.33. The molecule has 2 aromatic carbocycles.